The highest BCUT2D eigenvalue weighted by molar-refractivity contribution is 5.85. The molecule has 3 aliphatic rings. The van der Waals surface area contributed by atoms with E-state index in [0.717, 1.165) is 11.3 Å². The molecule has 0 spiro atoms. The summed E-state index contributed by atoms with van der Waals surface area (Å²) in [6, 6.07) is 2.74. The molecule has 0 aromatic heterocycles. The Kier molecular flexibility index (Phi) is 7.61. The molecule has 36 heavy (non-hydrogen) atoms. The number of nitrogens with zero attached hydrogens (tertiary/aromatic N) is 1. The number of carbonyl (C=O) groups excluding carboxylic acids is 2. The number of hydrogen-bond acceptors (Lipinski definition) is 8. The first-order valence-corrected chi connectivity index (χ1v) is 12.4. The normalized spacial score (nSPS) is 24.0. The van der Waals surface area contributed by atoms with Crippen molar-refractivity contribution in [3.63, 3.8) is 0 Å². The quantitative estimate of drug-likeness (QED) is 0.384. The van der Waals surface area contributed by atoms with E-state index < -0.39 is 30.0 Å². The van der Waals surface area contributed by atoms with Crippen LogP contribution in [0.3, 0.4) is 0 Å². The monoisotopic (exact) mass is 500 g/mol. The number of esters is 1. The van der Waals surface area contributed by atoms with Crippen LogP contribution in [-0.4, -0.2) is 55.8 Å². The first-order chi connectivity index (χ1) is 17.1. The first kappa shape index (κ1) is 26.0. The van der Waals surface area contributed by atoms with Crippen molar-refractivity contribution in [2.75, 3.05) is 24.8 Å². The number of carbonyl (C=O) groups is 2. The van der Waals surface area contributed by atoms with Crippen LogP contribution in [0.15, 0.2) is 37.4 Å². The summed E-state index contributed by atoms with van der Waals surface area (Å²) in [5.41, 5.74) is 1.79. The van der Waals surface area contributed by atoms with Crippen molar-refractivity contribution in [3.8, 4) is 11.5 Å². The second kappa shape index (κ2) is 10.5. The third-order valence-corrected chi connectivity index (χ3v) is 6.44. The second-order valence-corrected chi connectivity index (χ2v) is 10.2. The molecule has 3 aliphatic heterocycles. The molecular weight excluding hydrogens is 464 g/mol. The highest BCUT2D eigenvalue weighted by Gasteiger charge is 2.52. The van der Waals surface area contributed by atoms with Crippen molar-refractivity contribution in [1.82, 2.24) is 5.32 Å². The highest BCUT2D eigenvalue weighted by atomic mass is 16.8. The maximum absolute atomic E-state index is 13.3. The fourth-order valence-electron chi connectivity index (χ4n) is 5.06. The summed E-state index contributed by atoms with van der Waals surface area (Å²) in [6.07, 6.45) is 3.03. The molecule has 1 aromatic rings. The van der Waals surface area contributed by atoms with E-state index >= 15 is 0 Å². The molecule has 196 valence electrons. The van der Waals surface area contributed by atoms with E-state index in [1.54, 1.807) is 6.08 Å². The Balaban J connectivity index is 1.62. The van der Waals surface area contributed by atoms with Crippen LogP contribution in [0, 0.1) is 5.92 Å². The molecule has 9 heteroatoms. The minimum atomic E-state index is -0.837. The van der Waals surface area contributed by atoms with Crippen molar-refractivity contribution < 1.29 is 33.3 Å². The van der Waals surface area contributed by atoms with Gasteiger partial charge in [0, 0.05) is 30.3 Å². The van der Waals surface area contributed by atoms with Gasteiger partial charge in [0.25, 0.3) is 0 Å². The minimum absolute atomic E-state index is 0.0890. The van der Waals surface area contributed by atoms with Gasteiger partial charge in [-0.1, -0.05) is 32.6 Å². The number of benzene rings is 1. The fourth-order valence-corrected chi connectivity index (χ4v) is 5.06. The van der Waals surface area contributed by atoms with Crippen molar-refractivity contribution in [3.05, 3.63) is 43.0 Å². The van der Waals surface area contributed by atoms with E-state index in [-0.39, 0.29) is 37.7 Å². The molecule has 1 amide bonds. The van der Waals surface area contributed by atoms with Crippen LogP contribution in [0.4, 0.5) is 5.69 Å². The number of fused-ring (bicyclic) bond motifs is 4. The van der Waals surface area contributed by atoms with Gasteiger partial charge in [0.05, 0.1) is 6.04 Å². The zero-order valence-corrected chi connectivity index (χ0v) is 21.5. The molecule has 0 bridgehead atoms. The van der Waals surface area contributed by atoms with Crippen molar-refractivity contribution in [2.45, 2.75) is 70.6 Å². The van der Waals surface area contributed by atoms with Crippen molar-refractivity contribution in [2.24, 2.45) is 5.92 Å². The molecule has 0 unspecified atom stereocenters. The Hall–Kier alpha value is -3.04. The first-order valence-electron chi connectivity index (χ1n) is 12.4. The SMILES string of the molecule is C=CCOC(=O)[C@H](CC(C)C)NC(=O)C[C@H]1[C@@H]2OC(C)(C)O[C@H]2c2cc3c(cc2N1CC=C)OCO3. The number of ether oxygens (including phenoxy) is 5. The number of nitrogens with one attached hydrogen (secondary N) is 1. The summed E-state index contributed by atoms with van der Waals surface area (Å²) in [5.74, 6) is -0.0925. The third-order valence-electron chi connectivity index (χ3n) is 6.44. The highest BCUT2D eigenvalue weighted by Crippen LogP contribution is 2.52. The summed E-state index contributed by atoms with van der Waals surface area (Å²) < 4.78 is 29.1. The molecule has 1 N–H and O–H groups in total. The van der Waals surface area contributed by atoms with E-state index in [0.29, 0.717) is 24.5 Å². The molecule has 0 radical (unpaired) electrons. The van der Waals surface area contributed by atoms with E-state index in [1.165, 1.54) is 6.08 Å². The van der Waals surface area contributed by atoms with Crippen LogP contribution < -0.4 is 19.7 Å². The van der Waals surface area contributed by atoms with Gasteiger partial charge in [-0.3, -0.25) is 4.79 Å². The van der Waals surface area contributed by atoms with Gasteiger partial charge < -0.3 is 33.9 Å². The zero-order valence-electron chi connectivity index (χ0n) is 21.5. The topological polar surface area (TPSA) is 95.6 Å². The molecule has 1 saturated heterocycles. The lowest BCUT2D eigenvalue weighted by Gasteiger charge is -2.43. The molecule has 1 aromatic carbocycles. The largest absolute Gasteiger partial charge is 0.460 e. The van der Waals surface area contributed by atoms with Crippen LogP contribution in [0.1, 0.15) is 52.2 Å². The molecule has 1 fully saturated rings. The fraction of sp³-hybridized carbons (Fsp3) is 0.556. The maximum Gasteiger partial charge on any atom is 0.328 e. The Morgan fingerprint density at radius 3 is 2.58 bits per heavy atom. The van der Waals surface area contributed by atoms with Crippen molar-refractivity contribution in [1.29, 1.82) is 0 Å². The van der Waals surface area contributed by atoms with Crippen molar-refractivity contribution >= 4 is 17.6 Å². The second-order valence-electron chi connectivity index (χ2n) is 10.2. The van der Waals surface area contributed by atoms with Crippen LogP contribution in [0.5, 0.6) is 11.5 Å². The van der Waals surface area contributed by atoms with E-state index in [2.05, 4.69) is 23.4 Å². The van der Waals surface area contributed by atoms with Crippen LogP contribution in [0.2, 0.25) is 0 Å². The number of hydrogen-bond donors (Lipinski definition) is 1. The number of rotatable bonds is 10. The van der Waals surface area contributed by atoms with Gasteiger partial charge in [0.2, 0.25) is 12.7 Å². The van der Waals surface area contributed by atoms with Crippen LogP contribution in [-0.2, 0) is 23.8 Å². The Morgan fingerprint density at radius 2 is 1.92 bits per heavy atom. The predicted octanol–water partition coefficient (Wildman–Crippen LogP) is 3.63. The summed E-state index contributed by atoms with van der Waals surface area (Å²) in [4.78, 5) is 28.0. The summed E-state index contributed by atoms with van der Waals surface area (Å²) in [7, 11) is 0. The van der Waals surface area contributed by atoms with Crippen LogP contribution in [0.25, 0.3) is 0 Å². The van der Waals surface area contributed by atoms with E-state index in [4.69, 9.17) is 23.7 Å². The predicted molar refractivity (Wildman–Crippen MR) is 134 cm³/mol. The molecule has 3 heterocycles. The number of anilines is 1. The summed E-state index contributed by atoms with van der Waals surface area (Å²) in [5, 5.41) is 2.89. The lowest BCUT2D eigenvalue weighted by Crippen LogP contribution is -2.53. The average Bonchev–Trinajstić information content (AvgIpc) is 3.40. The smallest absolute Gasteiger partial charge is 0.328 e. The Bertz CT molecular complexity index is 1020. The Labute approximate surface area is 212 Å². The van der Waals surface area contributed by atoms with Crippen LogP contribution >= 0.6 is 0 Å². The minimum Gasteiger partial charge on any atom is -0.460 e. The number of amides is 1. The Morgan fingerprint density at radius 1 is 1.19 bits per heavy atom. The van der Waals surface area contributed by atoms with Gasteiger partial charge in [-0.05, 0) is 32.3 Å². The molecule has 0 aliphatic carbocycles. The molecule has 4 rings (SSSR count). The zero-order chi connectivity index (χ0) is 26.0. The standard InChI is InChI=1S/C27H36N2O7/c1-7-9-29-19-13-22-21(33-15-34-22)12-17(19)24-25(36-27(5,6)35-24)20(29)14-23(30)28-18(11-16(3)4)26(31)32-10-8-2/h7-8,12-13,16,18,20,24-25H,1-2,9-11,14-15H2,3-6H3,(H,28,30)/t18-,20-,24-,25-/m0/s1. The lowest BCUT2D eigenvalue weighted by atomic mass is 9.88. The van der Waals surface area contributed by atoms with Gasteiger partial charge >= 0.3 is 5.97 Å². The molecule has 9 nitrogen and oxygen atoms in total. The molecule has 0 saturated carbocycles. The third kappa shape index (κ3) is 5.37. The summed E-state index contributed by atoms with van der Waals surface area (Å²) in [6.45, 7) is 15.9. The van der Waals surface area contributed by atoms with Gasteiger partial charge in [0.1, 0.15) is 24.9 Å². The van der Waals surface area contributed by atoms with E-state index in [9.17, 15) is 9.59 Å². The van der Waals surface area contributed by atoms with Gasteiger partial charge in [-0.2, -0.15) is 0 Å². The van der Waals surface area contributed by atoms with Gasteiger partial charge in [-0.15, -0.1) is 6.58 Å². The average molecular weight is 501 g/mol. The van der Waals surface area contributed by atoms with Gasteiger partial charge in [0.15, 0.2) is 17.3 Å². The lowest BCUT2D eigenvalue weighted by molar-refractivity contribution is -0.149. The molecule has 4 atom stereocenters. The molecular formula is C27H36N2O7. The maximum atomic E-state index is 13.3. The van der Waals surface area contributed by atoms with Gasteiger partial charge in [-0.25, -0.2) is 4.79 Å². The summed E-state index contributed by atoms with van der Waals surface area (Å²) >= 11 is 0. The van der Waals surface area contributed by atoms with E-state index in [1.807, 2.05) is 39.8 Å².